The Morgan fingerprint density at radius 1 is 1.45 bits per heavy atom. The fraction of sp³-hybridized carbons (Fsp3) is 0.286. The second-order valence-electron chi connectivity index (χ2n) is 4.81. The summed E-state index contributed by atoms with van der Waals surface area (Å²) in [6, 6.07) is 5.22. The third-order valence-electron chi connectivity index (χ3n) is 3.04. The van der Waals surface area contributed by atoms with Crippen LogP contribution in [0, 0.1) is 0 Å². The van der Waals surface area contributed by atoms with Gasteiger partial charge < -0.3 is 20.5 Å². The van der Waals surface area contributed by atoms with Gasteiger partial charge >= 0.3 is 0 Å². The predicted octanol–water partition coefficient (Wildman–Crippen LogP) is 1.32. The Morgan fingerprint density at radius 3 is 2.80 bits per heavy atom. The number of carbonyl (C=O) groups is 1. The van der Waals surface area contributed by atoms with Crippen molar-refractivity contribution in [3.05, 3.63) is 42.0 Å². The van der Waals surface area contributed by atoms with Gasteiger partial charge in [-0.1, -0.05) is 0 Å². The number of aromatic nitrogens is 2. The summed E-state index contributed by atoms with van der Waals surface area (Å²) >= 11 is 0. The summed E-state index contributed by atoms with van der Waals surface area (Å²) < 4.78 is 1.92. The van der Waals surface area contributed by atoms with E-state index in [1.54, 1.807) is 38.5 Å². The molecule has 0 aliphatic heterocycles. The van der Waals surface area contributed by atoms with Crippen LogP contribution in [-0.4, -0.2) is 34.5 Å². The summed E-state index contributed by atoms with van der Waals surface area (Å²) in [6.45, 7) is 0.528. The van der Waals surface area contributed by atoms with E-state index in [1.807, 2.05) is 17.8 Å². The first kappa shape index (κ1) is 13.9. The molecule has 0 unspecified atom stereocenters. The summed E-state index contributed by atoms with van der Waals surface area (Å²) in [5.74, 6) is 0.822. The SMILES string of the molecule is CN(C)C(=O)c1ccc(N)cc1NCc1nccn1C. The molecule has 0 aliphatic rings. The molecule has 6 nitrogen and oxygen atoms in total. The van der Waals surface area contributed by atoms with Gasteiger partial charge in [0.1, 0.15) is 5.82 Å². The molecule has 2 rings (SSSR count). The highest BCUT2D eigenvalue weighted by molar-refractivity contribution is 5.99. The van der Waals surface area contributed by atoms with Gasteiger partial charge in [-0.15, -0.1) is 0 Å². The van der Waals surface area contributed by atoms with Crippen LogP contribution in [0.25, 0.3) is 0 Å². The van der Waals surface area contributed by atoms with Gasteiger partial charge in [0.05, 0.1) is 12.1 Å². The van der Waals surface area contributed by atoms with Crippen LogP contribution in [0.5, 0.6) is 0 Å². The lowest BCUT2D eigenvalue weighted by Gasteiger charge is -2.16. The molecule has 0 fully saturated rings. The number of aryl methyl sites for hydroxylation is 1. The molecule has 2 aromatic rings. The minimum atomic E-state index is -0.0626. The second-order valence-corrected chi connectivity index (χ2v) is 4.81. The van der Waals surface area contributed by atoms with E-state index in [4.69, 9.17) is 5.73 Å². The Morgan fingerprint density at radius 2 is 2.20 bits per heavy atom. The van der Waals surface area contributed by atoms with E-state index in [0.29, 0.717) is 23.5 Å². The lowest BCUT2D eigenvalue weighted by atomic mass is 10.1. The van der Waals surface area contributed by atoms with Crippen molar-refractivity contribution < 1.29 is 4.79 Å². The standard InChI is InChI=1S/C14H19N5O/c1-18(2)14(20)11-5-4-10(15)8-12(11)17-9-13-16-6-7-19(13)3/h4-8,17H,9,15H2,1-3H3. The molecular weight excluding hydrogens is 254 g/mol. The predicted molar refractivity (Wildman–Crippen MR) is 79.4 cm³/mol. The zero-order valence-electron chi connectivity index (χ0n) is 11.9. The van der Waals surface area contributed by atoms with Gasteiger partial charge in [-0.25, -0.2) is 4.98 Å². The number of benzene rings is 1. The number of nitrogen functional groups attached to an aromatic ring is 1. The van der Waals surface area contributed by atoms with E-state index in [-0.39, 0.29) is 5.91 Å². The van der Waals surface area contributed by atoms with E-state index < -0.39 is 0 Å². The molecule has 1 aromatic heterocycles. The Labute approximate surface area is 118 Å². The van der Waals surface area contributed by atoms with Gasteiger partial charge in [-0.3, -0.25) is 4.79 Å². The molecule has 1 aromatic carbocycles. The van der Waals surface area contributed by atoms with Crippen LogP contribution < -0.4 is 11.1 Å². The first-order valence-corrected chi connectivity index (χ1v) is 6.30. The number of imidazole rings is 1. The minimum Gasteiger partial charge on any atom is -0.399 e. The number of carbonyl (C=O) groups excluding carboxylic acids is 1. The summed E-state index contributed by atoms with van der Waals surface area (Å²) in [4.78, 5) is 17.9. The Balaban J connectivity index is 2.24. The maximum atomic E-state index is 12.1. The molecule has 0 atom stereocenters. The molecule has 20 heavy (non-hydrogen) atoms. The van der Waals surface area contributed by atoms with Crippen LogP contribution >= 0.6 is 0 Å². The van der Waals surface area contributed by atoms with E-state index in [2.05, 4.69) is 10.3 Å². The highest BCUT2D eigenvalue weighted by atomic mass is 16.2. The molecule has 0 aliphatic carbocycles. The zero-order valence-corrected chi connectivity index (χ0v) is 11.9. The lowest BCUT2D eigenvalue weighted by Crippen LogP contribution is -2.23. The Bertz CT molecular complexity index is 618. The molecule has 0 saturated carbocycles. The molecular formula is C14H19N5O. The van der Waals surface area contributed by atoms with Crippen molar-refractivity contribution in [2.24, 2.45) is 7.05 Å². The first-order chi connectivity index (χ1) is 9.49. The third-order valence-corrected chi connectivity index (χ3v) is 3.04. The van der Waals surface area contributed by atoms with E-state index in [1.165, 1.54) is 4.90 Å². The molecule has 0 bridgehead atoms. The van der Waals surface area contributed by atoms with Gasteiger partial charge in [0.15, 0.2) is 0 Å². The first-order valence-electron chi connectivity index (χ1n) is 6.30. The van der Waals surface area contributed by atoms with Crippen LogP contribution in [0.3, 0.4) is 0 Å². The number of hydrogen-bond acceptors (Lipinski definition) is 4. The van der Waals surface area contributed by atoms with Crippen molar-refractivity contribution in [3.8, 4) is 0 Å². The van der Waals surface area contributed by atoms with Gasteiger partial charge in [0.2, 0.25) is 0 Å². The lowest BCUT2D eigenvalue weighted by molar-refractivity contribution is 0.0828. The van der Waals surface area contributed by atoms with Gasteiger partial charge in [0, 0.05) is 44.9 Å². The van der Waals surface area contributed by atoms with Crippen LogP contribution in [0.1, 0.15) is 16.2 Å². The Hall–Kier alpha value is -2.50. The van der Waals surface area contributed by atoms with E-state index in [9.17, 15) is 4.79 Å². The fourth-order valence-electron chi connectivity index (χ4n) is 1.88. The van der Waals surface area contributed by atoms with Gasteiger partial charge in [0.25, 0.3) is 5.91 Å². The smallest absolute Gasteiger partial charge is 0.255 e. The van der Waals surface area contributed by atoms with Crippen LogP contribution in [0.4, 0.5) is 11.4 Å². The molecule has 6 heteroatoms. The zero-order chi connectivity index (χ0) is 14.7. The highest BCUT2D eigenvalue weighted by Crippen LogP contribution is 2.21. The van der Waals surface area contributed by atoms with Crippen molar-refractivity contribution >= 4 is 17.3 Å². The van der Waals surface area contributed by atoms with Gasteiger partial charge in [-0.05, 0) is 18.2 Å². The molecule has 0 spiro atoms. The number of anilines is 2. The highest BCUT2D eigenvalue weighted by Gasteiger charge is 2.13. The molecule has 1 amide bonds. The van der Waals surface area contributed by atoms with Crippen LogP contribution in [-0.2, 0) is 13.6 Å². The normalized spacial score (nSPS) is 10.3. The largest absolute Gasteiger partial charge is 0.399 e. The maximum absolute atomic E-state index is 12.1. The number of nitrogens with zero attached hydrogens (tertiary/aromatic N) is 3. The van der Waals surface area contributed by atoms with Crippen molar-refractivity contribution in [3.63, 3.8) is 0 Å². The van der Waals surface area contributed by atoms with Crippen molar-refractivity contribution in [1.29, 1.82) is 0 Å². The van der Waals surface area contributed by atoms with E-state index in [0.717, 1.165) is 5.82 Å². The monoisotopic (exact) mass is 273 g/mol. The molecule has 1 heterocycles. The van der Waals surface area contributed by atoms with Crippen molar-refractivity contribution in [2.75, 3.05) is 25.1 Å². The van der Waals surface area contributed by atoms with Crippen LogP contribution in [0.15, 0.2) is 30.6 Å². The van der Waals surface area contributed by atoms with Crippen molar-refractivity contribution in [1.82, 2.24) is 14.5 Å². The summed E-state index contributed by atoms with van der Waals surface area (Å²) in [5, 5.41) is 3.22. The summed E-state index contributed by atoms with van der Waals surface area (Å²) in [7, 11) is 5.37. The molecule has 3 N–H and O–H groups in total. The topological polar surface area (TPSA) is 76.2 Å². The van der Waals surface area contributed by atoms with Crippen LogP contribution in [0.2, 0.25) is 0 Å². The molecule has 0 saturated heterocycles. The molecule has 106 valence electrons. The number of amides is 1. The number of hydrogen-bond donors (Lipinski definition) is 2. The Kier molecular flexibility index (Phi) is 3.93. The summed E-state index contributed by atoms with van der Waals surface area (Å²) in [5.41, 5.74) is 7.72. The number of nitrogens with two attached hydrogens (primary N) is 1. The minimum absolute atomic E-state index is 0.0626. The van der Waals surface area contributed by atoms with E-state index >= 15 is 0 Å². The van der Waals surface area contributed by atoms with Gasteiger partial charge in [-0.2, -0.15) is 0 Å². The number of rotatable bonds is 4. The van der Waals surface area contributed by atoms with Crippen molar-refractivity contribution in [2.45, 2.75) is 6.54 Å². The third kappa shape index (κ3) is 2.90. The number of nitrogens with one attached hydrogen (secondary N) is 1. The quantitative estimate of drug-likeness (QED) is 0.824. The second kappa shape index (κ2) is 5.64. The average molecular weight is 273 g/mol. The molecule has 0 radical (unpaired) electrons. The fourth-order valence-corrected chi connectivity index (χ4v) is 1.88. The average Bonchev–Trinajstić information content (AvgIpc) is 2.81. The maximum Gasteiger partial charge on any atom is 0.255 e. The summed E-state index contributed by atoms with van der Waals surface area (Å²) in [6.07, 6.45) is 3.62.